The van der Waals surface area contributed by atoms with E-state index in [0.29, 0.717) is 0 Å². The average Bonchev–Trinajstić information content (AvgIpc) is 2.13. The van der Waals surface area contributed by atoms with Crippen LogP contribution in [0.1, 0.15) is 72.1 Å². The Morgan fingerprint density at radius 2 is 1.00 bits per heavy atom. The maximum absolute atomic E-state index is 3.36. The van der Waals surface area contributed by atoms with Gasteiger partial charge in [0.1, 0.15) is 0 Å². The molecular formula is C13H29F. The van der Waals surface area contributed by atoms with Gasteiger partial charge in [-0.05, 0) is 6.92 Å². The second-order valence-corrected chi connectivity index (χ2v) is 3.53. The molecule has 0 aliphatic carbocycles. The lowest BCUT2D eigenvalue weighted by Gasteiger charge is -1.97. The number of hydrogen-bond acceptors (Lipinski definition) is 0. The van der Waals surface area contributed by atoms with Gasteiger partial charge in [0.05, 0.1) is 0 Å². The molecule has 0 unspecified atom stereocenters. The molecule has 0 bridgehead atoms. The van der Waals surface area contributed by atoms with E-state index in [4.69, 9.17) is 0 Å². The molecule has 0 rings (SSSR count). The van der Waals surface area contributed by atoms with Crippen LogP contribution in [0.15, 0.2) is 12.7 Å². The van der Waals surface area contributed by atoms with Gasteiger partial charge >= 0.3 is 0 Å². The van der Waals surface area contributed by atoms with E-state index >= 15 is 0 Å². The summed E-state index contributed by atoms with van der Waals surface area (Å²) in [5, 5.41) is 0. The minimum Gasteiger partial charge on any atom is -0.269 e. The minimum atomic E-state index is 0. The van der Waals surface area contributed by atoms with Crippen LogP contribution in [0.25, 0.3) is 0 Å². The van der Waals surface area contributed by atoms with Crippen molar-refractivity contribution in [1.29, 1.82) is 0 Å². The van der Waals surface area contributed by atoms with Crippen molar-refractivity contribution in [2.24, 2.45) is 0 Å². The zero-order valence-corrected chi connectivity index (χ0v) is 10.3. The van der Waals surface area contributed by atoms with Crippen LogP contribution in [-0.2, 0) is 0 Å². The van der Waals surface area contributed by atoms with Gasteiger partial charge in [-0.1, -0.05) is 71.3 Å². The van der Waals surface area contributed by atoms with Crippen molar-refractivity contribution in [2.75, 3.05) is 0 Å². The molecule has 14 heavy (non-hydrogen) atoms. The van der Waals surface area contributed by atoms with E-state index in [1.165, 1.54) is 51.4 Å². The van der Waals surface area contributed by atoms with Crippen LogP contribution in [0.4, 0.5) is 4.70 Å². The molecule has 0 aromatic carbocycles. The smallest absolute Gasteiger partial charge is 0.0473 e. The monoisotopic (exact) mass is 204 g/mol. The van der Waals surface area contributed by atoms with Crippen molar-refractivity contribution in [3.63, 3.8) is 0 Å². The van der Waals surface area contributed by atoms with E-state index in [1.807, 2.05) is 6.92 Å². The fourth-order valence-electron chi connectivity index (χ4n) is 1.21. The molecular weight excluding hydrogens is 175 g/mol. The molecule has 0 heterocycles. The normalized spacial score (nSPS) is 8.21. The highest BCUT2D eigenvalue weighted by molar-refractivity contribution is 4.51. The number of halogens is 1. The zero-order valence-electron chi connectivity index (χ0n) is 10.3. The van der Waals surface area contributed by atoms with Crippen molar-refractivity contribution >= 4 is 0 Å². The number of rotatable bonds is 7. The molecule has 0 radical (unpaired) electrons. The highest BCUT2D eigenvalue weighted by Gasteiger charge is 1.87. The van der Waals surface area contributed by atoms with Gasteiger partial charge in [-0.3, -0.25) is 4.70 Å². The minimum absolute atomic E-state index is 0. The van der Waals surface area contributed by atoms with Crippen LogP contribution in [0.2, 0.25) is 0 Å². The lowest BCUT2D eigenvalue weighted by molar-refractivity contribution is 0.585. The van der Waals surface area contributed by atoms with Gasteiger partial charge in [0, 0.05) is 0 Å². The Labute approximate surface area is 90.2 Å². The summed E-state index contributed by atoms with van der Waals surface area (Å²) < 4.78 is 0. The van der Waals surface area contributed by atoms with Gasteiger partial charge in [0.2, 0.25) is 0 Å². The lowest BCUT2D eigenvalue weighted by Crippen LogP contribution is -1.77. The lowest BCUT2D eigenvalue weighted by atomic mass is 10.1. The first-order valence-electron chi connectivity index (χ1n) is 5.90. The molecule has 1 heteroatoms. The van der Waals surface area contributed by atoms with Crippen LogP contribution < -0.4 is 0 Å². The summed E-state index contributed by atoms with van der Waals surface area (Å²) in [4.78, 5) is 0. The second-order valence-electron chi connectivity index (χ2n) is 3.53. The molecule has 0 aromatic rings. The van der Waals surface area contributed by atoms with Crippen molar-refractivity contribution < 1.29 is 4.70 Å². The molecule has 0 saturated carbocycles. The Kier molecular flexibility index (Phi) is 31.6. The van der Waals surface area contributed by atoms with E-state index in [-0.39, 0.29) is 4.70 Å². The van der Waals surface area contributed by atoms with E-state index in [1.54, 1.807) is 6.08 Å². The molecule has 0 aliphatic heterocycles. The van der Waals surface area contributed by atoms with E-state index < -0.39 is 0 Å². The highest BCUT2D eigenvalue weighted by Crippen LogP contribution is 2.07. The van der Waals surface area contributed by atoms with Crippen LogP contribution in [-0.4, -0.2) is 0 Å². The Balaban J connectivity index is -0.000000267. The van der Waals surface area contributed by atoms with Gasteiger partial charge < -0.3 is 0 Å². The predicted octanol–water partition coefficient (Wildman–Crippen LogP) is 5.49. The summed E-state index contributed by atoms with van der Waals surface area (Å²) in [6, 6.07) is 0. The van der Waals surface area contributed by atoms with Crippen molar-refractivity contribution in [3.05, 3.63) is 12.7 Å². The van der Waals surface area contributed by atoms with E-state index in [0.717, 1.165) is 0 Å². The SMILES string of the molecule is C=CC.CCCCCCCCCC.F. The Morgan fingerprint density at radius 1 is 0.786 bits per heavy atom. The predicted molar refractivity (Wildman–Crippen MR) is 66.7 cm³/mol. The summed E-state index contributed by atoms with van der Waals surface area (Å²) in [7, 11) is 0. The third-order valence-corrected chi connectivity index (χ3v) is 1.96. The molecule has 0 fully saturated rings. The molecule has 0 saturated heterocycles. The van der Waals surface area contributed by atoms with Crippen molar-refractivity contribution in [3.8, 4) is 0 Å². The third-order valence-electron chi connectivity index (χ3n) is 1.96. The van der Waals surface area contributed by atoms with Gasteiger partial charge in [0.25, 0.3) is 0 Å². The standard InChI is InChI=1S/C10H22.C3H6.FH/c1-3-5-7-9-10-8-6-4-2;1-3-2;/h3-10H2,1-2H3;3H,1H2,2H3;1H. The highest BCUT2D eigenvalue weighted by atomic mass is 19.0. The van der Waals surface area contributed by atoms with Gasteiger partial charge in [-0.2, -0.15) is 0 Å². The third kappa shape index (κ3) is 29.9. The first kappa shape index (κ1) is 19.3. The summed E-state index contributed by atoms with van der Waals surface area (Å²) in [5.41, 5.74) is 0. The summed E-state index contributed by atoms with van der Waals surface area (Å²) >= 11 is 0. The van der Waals surface area contributed by atoms with E-state index in [2.05, 4.69) is 20.4 Å². The molecule has 0 atom stereocenters. The topological polar surface area (TPSA) is 0 Å². The Morgan fingerprint density at radius 3 is 1.21 bits per heavy atom. The largest absolute Gasteiger partial charge is 0.269 e. The fraction of sp³-hybridized carbons (Fsp3) is 0.846. The summed E-state index contributed by atoms with van der Waals surface area (Å²) in [6.07, 6.45) is 13.2. The van der Waals surface area contributed by atoms with Gasteiger partial charge in [0.15, 0.2) is 0 Å². The van der Waals surface area contributed by atoms with E-state index in [9.17, 15) is 0 Å². The molecule has 0 amide bonds. The quantitative estimate of drug-likeness (QED) is 0.380. The van der Waals surface area contributed by atoms with Gasteiger partial charge in [-0.25, -0.2) is 0 Å². The number of hydrogen-bond donors (Lipinski definition) is 0. The molecule has 0 spiro atoms. The average molecular weight is 204 g/mol. The Hall–Kier alpha value is -0.330. The van der Waals surface area contributed by atoms with Crippen LogP contribution in [0, 0.1) is 0 Å². The summed E-state index contributed by atoms with van der Waals surface area (Å²) in [5.74, 6) is 0. The van der Waals surface area contributed by atoms with Crippen LogP contribution in [0.3, 0.4) is 0 Å². The zero-order chi connectivity index (χ0) is 10.4. The maximum atomic E-state index is 3.36. The van der Waals surface area contributed by atoms with Crippen LogP contribution >= 0.6 is 0 Å². The Bertz CT molecular complexity index is 71.3. The van der Waals surface area contributed by atoms with Crippen molar-refractivity contribution in [1.82, 2.24) is 0 Å². The molecule has 0 aliphatic rings. The summed E-state index contributed by atoms with van der Waals surface area (Å²) in [6.45, 7) is 9.79. The van der Waals surface area contributed by atoms with Gasteiger partial charge in [-0.15, -0.1) is 6.58 Å². The number of allylic oxidation sites excluding steroid dienone is 1. The number of unbranched alkanes of at least 4 members (excludes halogenated alkanes) is 7. The fourth-order valence-corrected chi connectivity index (χ4v) is 1.21. The first-order chi connectivity index (χ1) is 6.33. The van der Waals surface area contributed by atoms with Crippen molar-refractivity contribution in [2.45, 2.75) is 72.1 Å². The van der Waals surface area contributed by atoms with Crippen LogP contribution in [0.5, 0.6) is 0 Å². The second kappa shape index (κ2) is 23.0. The first-order valence-corrected chi connectivity index (χ1v) is 5.90. The maximum Gasteiger partial charge on any atom is -0.0473 e. The molecule has 88 valence electrons. The molecule has 0 nitrogen and oxygen atoms in total. The molecule has 0 aromatic heterocycles. The molecule has 0 N–H and O–H groups in total.